The van der Waals surface area contributed by atoms with E-state index >= 15 is 0 Å². The van der Waals surface area contributed by atoms with Gasteiger partial charge in [-0.3, -0.25) is 0 Å². The Kier molecular flexibility index (Phi) is 2.66. The summed E-state index contributed by atoms with van der Waals surface area (Å²) in [6.45, 7) is 5.28. The van der Waals surface area contributed by atoms with Gasteiger partial charge in [0.25, 0.3) is 0 Å². The van der Waals surface area contributed by atoms with Crippen LogP contribution in [0.15, 0.2) is 18.2 Å². The highest BCUT2D eigenvalue weighted by molar-refractivity contribution is 5.33. The normalized spacial score (nSPS) is 10.1. The molecule has 0 fully saturated rings. The molecule has 0 saturated heterocycles. The molecule has 0 heterocycles. The fraction of sp³-hybridized carbons (Fsp3) is 0.400. The van der Waals surface area contributed by atoms with Gasteiger partial charge < -0.3 is 5.32 Å². The molecule has 60 valence electrons. The van der Waals surface area contributed by atoms with Crippen molar-refractivity contribution in [2.45, 2.75) is 20.4 Å². The van der Waals surface area contributed by atoms with E-state index in [1.807, 2.05) is 7.05 Å². The highest BCUT2D eigenvalue weighted by atomic mass is 14.8. The standard InChI is InChI=1S/C10H15N/c1-8-5-4-6-9(2)10(8)7-11-3/h4-6,11H,7H2,1-3H3. The number of nitrogens with one attached hydrogen (secondary N) is 1. The second-order valence-electron chi connectivity index (χ2n) is 2.90. The fourth-order valence-corrected chi connectivity index (χ4v) is 1.30. The van der Waals surface area contributed by atoms with Crippen LogP contribution in [-0.2, 0) is 6.54 Å². The predicted molar refractivity (Wildman–Crippen MR) is 48.7 cm³/mol. The van der Waals surface area contributed by atoms with Crippen LogP contribution in [0.1, 0.15) is 16.7 Å². The second kappa shape index (κ2) is 3.54. The van der Waals surface area contributed by atoms with Crippen molar-refractivity contribution in [1.29, 1.82) is 0 Å². The van der Waals surface area contributed by atoms with E-state index in [1.54, 1.807) is 0 Å². The summed E-state index contributed by atoms with van der Waals surface area (Å²) in [4.78, 5) is 0. The number of benzene rings is 1. The molecule has 0 spiro atoms. The average molecular weight is 149 g/mol. The minimum Gasteiger partial charge on any atom is -0.316 e. The van der Waals surface area contributed by atoms with Crippen LogP contribution in [0.4, 0.5) is 0 Å². The van der Waals surface area contributed by atoms with Crippen LogP contribution in [-0.4, -0.2) is 7.05 Å². The smallest absolute Gasteiger partial charge is 0.0207 e. The van der Waals surface area contributed by atoms with Crippen LogP contribution in [0.3, 0.4) is 0 Å². The largest absolute Gasteiger partial charge is 0.316 e. The Bertz CT molecular complexity index is 220. The lowest BCUT2D eigenvalue weighted by Crippen LogP contribution is -2.07. The van der Waals surface area contributed by atoms with E-state index in [0.717, 1.165) is 6.54 Å². The molecule has 0 saturated carbocycles. The summed E-state index contributed by atoms with van der Waals surface area (Å²) < 4.78 is 0. The maximum atomic E-state index is 3.17. The fourth-order valence-electron chi connectivity index (χ4n) is 1.30. The molecule has 1 nitrogen and oxygen atoms in total. The summed E-state index contributed by atoms with van der Waals surface area (Å²) in [6, 6.07) is 6.41. The van der Waals surface area contributed by atoms with Crippen LogP contribution in [0.5, 0.6) is 0 Å². The molecule has 0 aromatic heterocycles. The van der Waals surface area contributed by atoms with Gasteiger partial charge in [-0.15, -0.1) is 0 Å². The molecule has 1 aromatic rings. The number of rotatable bonds is 2. The van der Waals surface area contributed by atoms with E-state index in [-0.39, 0.29) is 0 Å². The number of hydrogen-bond acceptors (Lipinski definition) is 1. The zero-order valence-corrected chi connectivity index (χ0v) is 7.44. The zero-order valence-electron chi connectivity index (χ0n) is 7.44. The van der Waals surface area contributed by atoms with Crippen molar-refractivity contribution in [2.24, 2.45) is 0 Å². The van der Waals surface area contributed by atoms with E-state index in [1.165, 1.54) is 16.7 Å². The molecule has 11 heavy (non-hydrogen) atoms. The summed E-state index contributed by atoms with van der Waals surface area (Å²) in [6.07, 6.45) is 0. The minimum absolute atomic E-state index is 0.971. The number of hydrogen-bond donors (Lipinski definition) is 1. The summed E-state index contributed by atoms with van der Waals surface area (Å²) in [5.74, 6) is 0. The Morgan fingerprint density at radius 3 is 2.18 bits per heavy atom. The van der Waals surface area contributed by atoms with Gasteiger partial charge in [-0.2, -0.15) is 0 Å². The monoisotopic (exact) mass is 149 g/mol. The lowest BCUT2D eigenvalue weighted by molar-refractivity contribution is 0.806. The molecule has 1 N–H and O–H groups in total. The first-order valence-corrected chi connectivity index (χ1v) is 3.95. The van der Waals surface area contributed by atoms with Gasteiger partial charge in [-0.1, -0.05) is 18.2 Å². The molecule has 0 amide bonds. The molecule has 1 heteroatoms. The molecule has 0 radical (unpaired) electrons. The first-order chi connectivity index (χ1) is 5.25. The highest BCUT2D eigenvalue weighted by Crippen LogP contribution is 2.11. The molecule has 0 aliphatic rings. The van der Waals surface area contributed by atoms with E-state index in [4.69, 9.17) is 0 Å². The Hall–Kier alpha value is -0.820. The van der Waals surface area contributed by atoms with Crippen LogP contribution in [0.2, 0.25) is 0 Å². The first kappa shape index (κ1) is 8.28. The van der Waals surface area contributed by atoms with E-state index in [2.05, 4.69) is 37.4 Å². The average Bonchev–Trinajstić information content (AvgIpc) is 1.97. The van der Waals surface area contributed by atoms with Crippen molar-refractivity contribution >= 4 is 0 Å². The van der Waals surface area contributed by atoms with Gasteiger partial charge >= 0.3 is 0 Å². The molecule has 1 rings (SSSR count). The van der Waals surface area contributed by atoms with Crippen LogP contribution in [0, 0.1) is 13.8 Å². The van der Waals surface area contributed by atoms with Gasteiger partial charge in [-0.05, 0) is 37.6 Å². The van der Waals surface area contributed by atoms with Crippen molar-refractivity contribution in [1.82, 2.24) is 5.32 Å². The topological polar surface area (TPSA) is 12.0 Å². The lowest BCUT2D eigenvalue weighted by atomic mass is 10.0. The Labute approximate surface area is 68.4 Å². The van der Waals surface area contributed by atoms with Gasteiger partial charge in [0.15, 0.2) is 0 Å². The molecule has 0 aliphatic carbocycles. The Morgan fingerprint density at radius 1 is 1.18 bits per heavy atom. The van der Waals surface area contributed by atoms with Crippen molar-refractivity contribution in [3.05, 3.63) is 34.9 Å². The van der Waals surface area contributed by atoms with Crippen LogP contribution < -0.4 is 5.32 Å². The zero-order chi connectivity index (χ0) is 8.27. The maximum Gasteiger partial charge on any atom is 0.0207 e. The van der Waals surface area contributed by atoms with Crippen molar-refractivity contribution < 1.29 is 0 Å². The highest BCUT2D eigenvalue weighted by Gasteiger charge is 1.98. The SMILES string of the molecule is CNCc1c(C)cccc1C. The molecule has 0 atom stereocenters. The van der Waals surface area contributed by atoms with Gasteiger partial charge in [-0.25, -0.2) is 0 Å². The van der Waals surface area contributed by atoms with Gasteiger partial charge in [0.2, 0.25) is 0 Å². The van der Waals surface area contributed by atoms with Crippen LogP contribution >= 0.6 is 0 Å². The van der Waals surface area contributed by atoms with E-state index in [9.17, 15) is 0 Å². The lowest BCUT2D eigenvalue weighted by Gasteiger charge is -2.07. The molecular weight excluding hydrogens is 134 g/mol. The first-order valence-electron chi connectivity index (χ1n) is 3.95. The second-order valence-corrected chi connectivity index (χ2v) is 2.90. The van der Waals surface area contributed by atoms with Crippen LogP contribution in [0.25, 0.3) is 0 Å². The molecule has 0 bridgehead atoms. The van der Waals surface area contributed by atoms with Gasteiger partial charge in [0.05, 0.1) is 0 Å². The molecule has 0 unspecified atom stereocenters. The summed E-state index contributed by atoms with van der Waals surface area (Å²) >= 11 is 0. The molecule has 0 aliphatic heterocycles. The summed E-state index contributed by atoms with van der Waals surface area (Å²) in [7, 11) is 1.98. The maximum absolute atomic E-state index is 3.17. The van der Waals surface area contributed by atoms with Gasteiger partial charge in [0.1, 0.15) is 0 Å². The van der Waals surface area contributed by atoms with Gasteiger partial charge in [0, 0.05) is 6.54 Å². The Morgan fingerprint density at radius 2 is 1.73 bits per heavy atom. The van der Waals surface area contributed by atoms with Crippen molar-refractivity contribution in [3.63, 3.8) is 0 Å². The number of aryl methyl sites for hydroxylation is 2. The van der Waals surface area contributed by atoms with E-state index < -0.39 is 0 Å². The third-order valence-corrected chi connectivity index (χ3v) is 2.00. The molecular formula is C10H15N. The predicted octanol–water partition coefficient (Wildman–Crippen LogP) is 2.02. The summed E-state index contributed by atoms with van der Waals surface area (Å²) in [5.41, 5.74) is 4.17. The quantitative estimate of drug-likeness (QED) is 0.678. The summed E-state index contributed by atoms with van der Waals surface area (Å²) in [5, 5.41) is 3.17. The van der Waals surface area contributed by atoms with Crippen molar-refractivity contribution in [3.8, 4) is 0 Å². The van der Waals surface area contributed by atoms with E-state index in [0.29, 0.717) is 0 Å². The Balaban J connectivity index is 3.00. The minimum atomic E-state index is 0.971. The van der Waals surface area contributed by atoms with Crippen molar-refractivity contribution in [2.75, 3.05) is 7.05 Å². The third kappa shape index (κ3) is 1.81. The molecule has 1 aromatic carbocycles. The third-order valence-electron chi connectivity index (χ3n) is 2.00.